The lowest BCUT2D eigenvalue weighted by atomic mass is 10.2. The normalized spacial score (nSPS) is 21.0. The molecule has 0 radical (unpaired) electrons. The summed E-state index contributed by atoms with van der Waals surface area (Å²) in [5, 5.41) is 3.11. The van der Waals surface area contributed by atoms with Gasteiger partial charge in [0.1, 0.15) is 11.9 Å². The van der Waals surface area contributed by atoms with Crippen molar-refractivity contribution in [2.45, 2.75) is 31.8 Å². The number of oxazole rings is 1. The average molecular weight is 210 g/mol. The second kappa shape index (κ2) is 5.28. The van der Waals surface area contributed by atoms with E-state index < -0.39 is 0 Å². The first kappa shape index (κ1) is 10.6. The lowest BCUT2D eigenvalue weighted by Crippen LogP contribution is -2.08. The van der Waals surface area contributed by atoms with E-state index in [0.717, 1.165) is 50.5 Å². The van der Waals surface area contributed by atoms with Gasteiger partial charge in [0.25, 0.3) is 0 Å². The molecule has 1 saturated heterocycles. The summed E-state index contributed by atoms with van der Waals surface area (Å²) in [6.07, 6.45) is 6.10. The molecule has 0 saturated carbocycles. The number of hydrogen-bond donors (Lipinski definition) is 1. The van der Waals surface area contributed by atoms with Gasteiger partial charge in [0.05, 0.1) is 6.20 Å². The molecule has 4 nitrogen and oxygen atoms in total. The van der Waals surface area contributed by atoms with Crippen LogP contribution in [-0.4, -0.2) is 25.2 Å². The molecule has 0 spiro atoms. The molecule has 0 bridgehead atoms. The Kier molecular flexibility index (Phi) is 3.75. The van der Waals surface area contributed by atoms with Crippen LogP contribution in [0.1, 0.15) is 37.0 Å². The van der Waals surface area contributed by atoms with Crippen LogP contribution in [0.25, 0.3) is 0 Å². The van der Waals surface area contributed by atoms with Crippen LogP contribution in [0.4, 0.5) is 0 Å². The molecule has 1 unspecified atom stereocenters. The number of ether oxygens (including phenoxy) is 1. The first-order valence-corrected chi connectivity index (χ1v) is 5.61. The predicted octanol–water partition coefficient (Wildman–Crippen LogP) is 1.68. The summed E-state index contributed by atoms with van der Waals surface area (Å²) in [5.74, 6) is 1.72. The molecule has 1 N–H and O–H groups in total. The molecule has 84 valence electrons. The molecule has 1 fully saturated rings. The summed E-state index contributed by atoms with van der Waals surface area (Å²) in [4.78, 5) is 4.26. The van der Waals surface area contributed by atoms with E-state index in [4.69, 9.17) is 9.15 Å². The first-order chi connectivity index (χ1) is 7.40. The maximum Gasteiger partial charge on any atom is 0.223 e. The van der Waals surface area contributed by atoms with Crippen LogP contribution in [0.15, 0.2) is 10.6 Å². The van der Waals surface area contributed by atoms with E-state index in [1.807, 2.05) is 13.2 Å². The van der Waals surface area contributed by atoms with Crippen molar-refractivity contribution in [1.82, 2.24) is 10.3 Å². The van der Waals surface area contributed by atoms with E-state index in [9.17, 15) is 0 Å². The van der Waals surface area contributed by atoms with Crippen LogP contribution in [0.3, 0.4) is 0 Å². The van der Waals surface area contributed by atoms with Gasteiger partial charge >= 0.3 is 0 Å². The number of aromatic nitrogens is 1. The molecule has 4 heteroatoms. The van der Waals surface area contributed by atoms with Crippen molar-refractivity contribution in [3.05, 3.63) is 17.8 Å². The Hall–Kier alpha value is -0.870. The molecule has 15 heavy (non-hydrogen) atoms. The Morgan fingerprint density at radius 3 is 3.27 bits per heavy atom. The lowest BCUT2D eigenvalue weighted by Gasteiger charge is -2.02. The minimum absolute atomic E-state index is 0.100. The molecular weight excluding hydrogens is 192 g/mol. The lowest BCUT2D eigenvalue weighted by molar-refractivity contribution is 0.0881. The Bertz CT molecular complexity index is 293. The summed E-state index contributed by atoms with van der Waals surface area (Å²) in [7, 11) is 1.96. The third-order valence-corrected chi connectivity index (χ3v) is 2.63. The number of hydrogen-bond acceptors (Lipinski definition) is 4. The highest BCUT2D eigenvalue weighted by molar-refractivity contribution is 4.97. The molecule has 1 atom stereocenters. The Balaban J connectivity index is 1.86. The van der Waals surface area contributed by atoms with Gasteiger partial charge in [-0.15, -0.1) is 0 Å². The predicted molar refractivity (Wildman–Crippen MR) is 56.7 cm³/mol. The zero-order valence-electron chi connectivity index (χ0n) is 9.16. The Morgan fingerprint density at radius 1 is 1.60 bits per heavy atom. The van der Waals surface area contributed by atoms with Crippen molar-refractivity contribution in [2.24, 2.45) is 0 Å². The van der Waals surface area contributed by atoms with Crippen molar-refractivity contribution in [3.63, 3.8) is 0 Å². The van der Waals surface area contributed by atoms with E-state index in [0.29, 0.717) is 0 Å². The van der Waals surface area contributed by atoms with E-state index in [2.05, 4.69) is 10.3 Å². The highest BCUT2D eigenvalue weighted by Crippen LogP contribution is 2.27. The number of nitrogens with zero attached hydrogens (tertiary/aromatic N) is 1. The van der Waals surface area contributed by atoms with Gasteiger partial charge in [-0.25, -0.2) is 4.98 Å². The van der Waals surface area contributed by atoms with E-state index in [1.165, 1.54) is 0 Å². The van der Waals surface area contributed by atoms with E-state index in [-0.39, 0.29) is 6.10 Å². The molecule has 2 heterocycles. The summed E-state index contributed by atoms with van der Waals surface area (Å²) in [6, 6.07) is 0. The van der Waals surface area contributed by atoms with Crippen molar-refractivity contribution in [3.8, 4) is 0 Å². The van der Waals surface area contributed by atoms with Crippen molar-refractivity contribution in [1.29, 1.82) is 0 Å². The van der Waals surface area contributed by atoms with E-state index >= 15 is 0 Å². The van der Waals surface area contributed by atoms with Gasteiger partial charge in [-0.05, 0) is 32.9 Å². The van der Waals surface area contributed by atoms with Gasteiger partial charge in [0, 0.05) is 13.0 Å². The van der Waals surface area contributed by atoms with Crippen LogP contribution in [0, 0.1) is 0 Å². The Morgan fingerprint density at radius 2 is 2.53 bits per heavy atom. The average Bonchev–Trinajstić information content (AvgIpc) is 2.87. The molecule has 2 rings (SSSR count). The van der Waals surface area contributed by atoms with Crippen LogP contribution >= 0.6 is 0 Å². The molecule has 1 aromatic rings. The van der Waals surface area contributed by atoms with Gasteiger partial charge in [-0.3, -0.25) is 0 Å². The minimum Gasteiger partial charge on any atom is -0.443 e. The second-order valence-corrected chi connectivity index (χ2v) is 3.87. The monoisotopic (exact) mass is 210 g/mol. The van der Waals surface area contributed by atoms with Gasteiger partial charge in [-0.2, -0.15) is 0 Å². The number of rotatable bonds is 5. The van der Waals surface area contributed by atoms with Crippen LogP contribution < -0.4 is 5.32 Å². The summed E-state index contributed by atoms with van der Waals surface area (Å²) >= 11 is 0. The van der Waals surface area contributed by atoms with Gasteiger partial charge < -0.3 is 14.5 Å². The fourth-order valence-electron chi connectivity index (χ4n) is 1.80. The van der Waals surface area contributed by atoms with Gasteiger partial charge in [-0.1, -0.05) is 0 Å². The van der Waals surface area contributed by atoms with Crippen molar-refractivity contribution >= 4 is 0 Å². The third kappa shape index (κ3) is 2.79. The summed E-state index contributed by atoms with van der Waals surface area (Å²) < 4.78 is 11.2. The smallest absolute Gasteiger partial charge is 0.223 e. The Labute approximate surface area is 90.0 Å². The standard InChI is InChI=1S/C11H18N2O2/c1-12-6-2-4-9-8-13-11(15-9)10-5-3-7-14-10/h8,10,12H,2-7H2,1H3. The first-order valence-electron chi connectivity index (χ1n) is 5.61. The molecule has 0 aliphatic carbocycles. The van der Waals surface area contributed by atoms with Gasteiger partial charge in [0.2, 0.25) is 5.89 Å². The maximum atomic E-state index is 5.65. The van der Waals surface area contributed by atoms with Crippen LogP contribution in [0.5, 0.6) is 0 Å². The number of nitrogens with one attached hydrogen (secondary N) is 1. The highest BCUT2D eigenvalue weighted by Gasteiger charge is 2.22. The fraction of sp³-hybridized carbons (Fsp3) is 0.727. The van der Waals surface area contributed by atoms with Gasteiger partial charge in [0.15, 0.2) is 0 Å². The zero-order chi connectivity index (χ0) is 10.5. The molecule has 1 aromatic heterocycles. The van der Waals surface area contributed by atoms with Crippen LogP contribution in [-0.2, 0) is 11.2 Å². The molecule has 1 aliphatic rings. The van der Waals surface area contributed by atoms with E-state index in [1.54, 1.807) is 0 Å². The quantitative estimate of drug-likeness (QED) is 0.751. The van der Waals surface area contributed by atoms with Crippen molar-refractivity contribution in [2.75, 3.05) is 20.2 Å². The summed E-state index contributed by atoms with van der Waals surface area (Å²) in [6.45, 7) is 1.85. The topological polar surface area (TPSA) is 47.3 Å². The highest BCUT2D eigenvalue weighted by atomic mass is 16.5. The summed E-state index contributed by atoms with van der Waals surface area (Å²) in [5.41, 5.74) is 0. The third-order valence-electron chi connectivity index (χ3n) is 2.63. The minimum atomic E-state index is 0.100. The number of aryl methyl sites for hydroxylation is 1. The molecule has 0 amide bonds. The SMILES string of the molecule is CNCCCc1cnc(C2CCCO2)o1. The van der Waals surface area contributed by atoms with Crippen LogP contribution in [0.2, 0.25) is 0 Å². The largest absolute Gasteiger partial charge is 0.443 e. The fourth-order valence-corrected chi connectivity index (χ4v) is 1.80. The molecular formula is C11H18N2O2. The zero-order valence-corrected chi connectivity index (χ0v) is 9.16. The molecule has 0 aromatic carbocycles. The maximum absolute atomic E-state index is 5.65. The van der Waals surface area contributed by atoms with Crippen molar-refractivity contribution < 1.29 is 9.15 Å². The second-order valence-electron chi connectivity index (χ2n) is 3.87. The molecule has 1 aliphatic heterocycles.